The molecule has 2 heterocycles. The largest absolute Gasteiger partial charge is 0.378 e. The number of nitrogens with one attached hydrogen (secondary N) is 2. The molecule has 142 valence electrons. The number of piperidine rings is 1. The summed E-state index contributed by atoms with van der Waals surface area (Å²) in [5.41, 5.74) is 0.508. The molecule has 1 saturated heterocycles. The van der Waals surface area contributed by atoms with Gasteiger partial charge in [0.25, 0.3) is 5.91 Å². The van der Waals surface area contributed by atoms with E-state index in [1.54, 1.807) is 0 Å². The van der Waals surface area contributed by atoms with Crippen molar-refractivity contribution < 1.29 is 9.53 Å². The number of carbonyl (C=O) groups is 1. The SMILES string of the molecule is Cl.O=C(NCCCOC1CCCCC1)c1ccn(C2CCCNC2)n1. The van der Waals surface area contributed by atoms with E-state index in [4.69, 9.17) is 4.74 Å². The molecule has 7 heteroatoms. The van der Waals surface area contributed by atoms with Crippen LogP contribution in [-0.2, 0) is 4.74 Å². The number of rotatable bonds is 7. The van der Waals surface area contributed by atoms with Crippen molar-refractivity contribution in [3.05, 3.63) is 18.0 Å². The Bertz CT molecular complexity index is 511. The molecule has 1 aliphatic carbocycles. The van der Waals surface area contributed by atoms with Gasteiger partial charge in [0.1, 0.15) is 5.69 Å². The zero-order valence-electron chi connectivity index (χ0n) is 14.9. The maximum Gasteiger partial charge on any atom is 0.271 e. The van der Waals surface area contributed by atoms with E-state index in [1.807, 2.05) is 16.9 Å². The first-order valence-corrected chi connectivity index (χ1v) is 9.48. The van der Waals surface area contributed by atoms with Crippen molar-refractivity contribution >= 4 is 18.3 Å². The summed E-state index contributed by atoms with van der Waals surface area (Å²) in [4.78, 5) is 12.2. The van der Waals surface area contributed by atoms with Gasteiger partial charge in [0, 0.05) is 25.9 Å². The lowest BCUT2D eigenvalue weighted by Crippen LogP contribution is -2.32. The Balaban J connectivity index is 0.00000225. The molecule has 1 atom stereocenters. The summed E-state index contributed by atoms with van der Waals surface area (Å²) in [6.45, 7) is 3.38. The summed E-state index contributed by atoms with van der Waals surface area (Å²) in [5.74, 6) is -0.0878. The second-order valence-electron chi connectivity index (χ2n) is 6.92. The van der Waals surface area contributed by atoms with E-state index < -0.39 is 0 Å². The van der Waals surface area contributed by atoms with E-state index in [1.165, 1.54) is 32.1 Å². The normalized spacial score (nSPS) is 21.5. The second-order valence-corrected chi connectivity index (χ2v) is 6.92. The Morgan fingerprint density at radius 2 is 2.12 bits per heavy atom. The van der Waals surface area contributed by atoms with Gasteiger partial charge in [-0.15, -0.1) is 12.4 Å². The third-order valence-corrected chi connectivity index (χ3v) is 5.00. The number of carbonyl (C=O) groups excluding carboxylic acids is 1. The smallest absolute Gasteiger partial charge is 0.271 e. The summed E-state index contributed by atoms with van der Waals surface area (Å²) in [6, 6.07) is 2.17. The molecule has 1 unspecified atom stereocenters. The van der Waals surface area contributed by atoms with Gasteiger partial charge in [-0.1, -0.05) is 19.3 Å². The van der Waals surface area contributed by atoms with E-state index in [0.717, 1.165) is 39.0 Å². The first kappa shape index (κ1) is 20.2. The highest BCUT2D eigenvalue weighted by molar-refractivity contribution is 5.92. The predicted octanol–water partition coefficient (Wildman–Crippen LogP) is 2.70. The maximum absolute atomic E-state index is 12.2. The van der Waals surface area contributed by atoms with Gasteiger partial charge in [0.15, 0.2) is 0 Å². The lowest BCUT2D eigenvalue weighted by Gasteiger charge is -2.22. The lowest BCUT2D eigenvalue weighted by atomic mass is 9.98. The van der Waals surface area contributed by atoms with E-state index in [-0.39, 0.29) is 18.3 Å². The van der Waals surface area contributed by atoms with E-state index in [9.17, 15) is 4.79 Å². The van der Waals surface area contributed by atoms with Crippen LogP contribution in [0.1, 0.15) is 67.9 Å². The topological polar surface area (TPSA) is 68.2 Å². The molecule has 6 nitrogen and oxygen atoms in total. The first-order chi connectivity index (χ1) is 11.8. The standard InChI is InChI=1S/C18H30N4O2.ClH/c23-18(20-11-5-13-24-16-7-2-1-3-8-16)17-9-12-22(21-17)15-6-4-10-19-14-15;/h9,12,15-16,19H,1-8,10-11,13-14H2,(H,20,23);1H. The van der Waals surface area contributed by atoms with Crippen molar-refractivity contribution in [3.63, 3.8) is 0 Å². The minimum atomic E-state index is -0.0878. The number of hydrogen-bond donors (Lipinski definition) is 2. The van der Waals surface area contributed by atoms with Gasteiger partial charge in [-0.05, 0) is 44.7 Å². The van der Waals surface area contributed by atoms with Crippen LogP contribution in [0, 0.1) is 0 Å². The van der Waals surface area contributed by atoms with Crippen LogP contribution >= 0.6 is 12.4 Å². The molecule has 2 fully saturated rings. The Morgan fingerprint density at radius 3 is 2.88 bits per heavy atom. The molecule has 3 rings (SSSR count). The first-order valence-electron chi connectivity index (χ1n) is 9.48. The monoisotopic (exact) mass is 370 g/mol. The zero-order chi connectivity index (χ0) is 16.6. The molecule has 0 radical (unpaired) electrons. The zero-order valence-corrected chi connectivity index (χ0v) is 15.7. The van der Waals surface area contributed by atoms with Gasteiger partial charge in [-0.2, -0.15) is 5.10 Å². The third kappa shape index (κ3) is 6.28. The maximum atomic E-state index is 12.2. The number of aromatic nitrogens is 2. The van der Waals surface area contributed by atoms with Crippen LogP contribution in [0.25, 0.3) is 0 Å². The summed E-state index contributed by atoms with van der Waals surface area (Å²) in [5, 5.41) is 10.8. The van der Waals surface area contributed by atoms with Crippen LogP contribution in [-0.4, -0.2) is 48.0 Å². The van der Waals surface area contributed by atoms with E-state index >= 15 is 0 Å². The van der Waals surface area contributed by atoms with Crippen LogP contribution in [0.15, 0.2) is 12.3 Å². The second kappa shape index (κ2) is 10.8. The van der Waals surface area contributed by atoms with Gasteiger partial charge in [-0.25, -0.2) is 0 Å². The highest BCUT2D eigenvalue weighted by atomic mass is 35.5. The quantitative estimate of drug-likeness (QED) is 0.724. The van der Waals surface area contributed by atoms with Crippen LogP contribution in [0.3, 0.4) is 0 Å². The highest BCUT2D eigenvalue weighted by Gasteiger charge is 2.17. The average Bonchev–Trinajstić information content (AvgIpc) is 3.13. The molecule has 2 aliphatic rings. The Morgan fingerprint density at radius 1 is 1.28 bits per heavy atom. The minimum Gasteiger partial charge on any atom is -0.378 e. The summed E-state index contributed by atoms with van der Waals surface area (Å²) in [7, 11) is 0. The molecule has 25 heavy (non-hydrogen) atoms. The van der Waals surface area contributed by atoms with Gasteiger partial charge in [-0.3, -0.25) is 9.48 Å². The van der Waals surface area contributed by atoms with Crippen molar-refractivity contribution in [2.24, 2.45) is 0 Å². The number of amides is 1. The van der Waals surface area contributed by atoms with Crippen LogP contribution in [0.2, 0.25) is 0 Å². The van der Waals surface area contributed by atoms with Crippen molar-refractivity contribution in [2.45, 2.75) is 63.5 Å². The summed E-state index contributed by atoms with van der Waals surface area (Å²) >= 11 is 0. The molecule has 1 aromatic heterocycles. The fraction of sp³-hybridized carbons (Fsp3) is 0.778. The van der Waals surface area contributed by atoms with Crippen LogP contribution in [0.4, 0.5) is 0 Å². The molecule has 1 amide bonds. The molecule has 0 bridgehead atoms. The van der Waals surface area contributed by atoms with Crippen molar-refractivity contribution in [1.29, 1.82) is 0 Å². The van der Waals surface area contributed by atoms with Crippen LogP contribution < -0.4 is 10.6 Å². The Hall–Kier alpha value is -1.11. The number of hydrogen-bond acceptors (Lipinski definition) is 4. The average molecular weight is 371 g/mol. The lowest BCUT2D eigenvalue weighted by molar-refractivity contribution is 0.0273. The molecule has 0 spiro atoms. The molecule has 1 aromatic rings. The van der Waals surface area contributed by atoms with Crippen molar-refractivity contribution in [1.82, 2.24) is 20.4 Å². The van der Waals surface area contributed by atoms with Gasteiger partial charge in [0.05, 0.1) is 12.1 Å². The molecule has 1 aliphatic heterocycles. The summed E-state index contributed by atoms with van der Waals surface area (Å²) < 4.78 is 7.80. The van der Waals surface area contributed by atoms with Gasteiger partial charge < -0.3 is 15.4 Å². The minimum absolute atomic E-state index is 0. The third-order valence-electron chi connectivity index (χ3n) is 5.00. The Kier molecular flexibility index (Phi) is 8.72. The Labute approximate surface area is 156 Å². The number of halogens is 1. The highest BCUT2D eigenvalue weighted by Crippen LogP contribution is 2.20. The molecular weight excluding hydrogens is 340 g/mol. The molecule has 0 aromatic carbocycles. The van der Waals surface area contributed by atoms with E-state index in [0.29, 0.717) is 24.4 Å². The van der Waals surface area contributed by atoms with E-state index in [2.05, 4.69) is 15.7 Å². The molecule has 1 saturated carbocycles. The number of ether oxygens (including phenoxy) is 1. The van der Waals surface area contributed by atoms with Crippen LogP contribution in [0.5, 0.6) is 0 Å². The van der Waals surface area contributed by atoms with Crippen molar-refractivity contribution in [3.8, 4) is 0 Å². The number of nitrogens with zero attached hydrogens (tertiary/aromatic N) is 2. The molecular formula is C18H31ClN4O2. The fourth-order valence-electron chi connectivity index (χ4n) is 3.57. The van der Waals surface area contributed by atoms with Gasteiger partial charge >= 0.3 is 0 Å². The molecule has 2 N–H and O–H groups in total. The summed E-state index contributed by atoms with van der Waals surface area (Å²) in [6.07, 6.45) is 11.8. The van der Waals surface area contributed by atoms with Crippen molar-refractivity contribution in [2.75, 3.05) is 26.2 Å². The fourth-order valence-corrected chi connectivity index (χ4v) is 3.57. The van der Waals surface area contributed by atoms with Gasteiger partial charge in [0.2, 0.25) is 0 Å². The predicted molar refractivity (Wildman–Crippen MR) is 100 cm³/mol.